The van der Waals surface area contributed by atoms with Crippen LogP contribution in [0.4, 0.5) is 22.1 Å². The Morgan fingerprint density at radius 3 is 2.76 bits per heavy atom. The molecule has 37 heavy (non-hydrogen) atoms. The van der Waals surface area contributed by atoms with Crippen LogP contribution in [0.1, 0.15) is 12.8 Å². The van der Waals surface area contributed by atoms with Crippen molar-refractivity contribution in [1.29, 1.82) is 0 Å². The van der Waals surface area contributed by atoms with E-state index in [1.54, 1.807) is 45.9 Å². The highest BCUT2D eigenvalue weighted by Gasteiger charge is 2.56. The molecule has 0 spiro atoms. The van der Waals surface area contributed by atoms with Gasteiger partial charge in [-0.25, -0.2) is 19.7 Å². The lowest BCUT2D eigenvalue weighted by Crippen LogP contribution is -2.46. The number of nitrogens with two attached hydrogens (primary N) is 1. The number of carbonyl (C=O) groups excluding carboxylic acids is 2. The van der Waals surface area contributed by atoms with Gasteiger partial charge in [0.1, 0.15) is 40.8 Å². The zero-order chi connectivity index (χ0) is 25.8. The van der Waals surface area contributed by atoms with E-state index in [1.807, 2.05) is 0 Å². The van der Waals surface area contributed by atoms with E-state index in [2.05, 4.69) is 41.5 Å². The van der Waals surface area contributed by atoms with E-state index in [1.165, 1.54) is 6.33 Å². The molecule has 1 saturated carbocycles. The number of rotatable bonds is 5. The van der Waals surface area contributed by atoms with Crippen LogP contribution >= 0.6 is 15.9 Å². The van der Waals surface area contributed by atoms with Gasteiger partial charge < -0.3 is 25.6 Å². The van der Waals surface area contributed by atoms with Gasteiger partial charge in [0.15, 0.2) is 0 Å². The van der Waals surface area contributed by atoms with Crippen LogP contribution in [0.25, 0.3) is 21.9 Å². The summed E-state index contributed by atoms with van der Waals surface area (Å²) in [6.07, 6.45) is 1.57. The molecule has 1 aromatic carbocycles. The van der Waals surface area contributed by atoms with Gasteiger partial charge in [-0.05, 0) is 65.0 Å². The van der Waals surface area contributed by atoms with Crippen molar-refractivity contribution in [2.45, 2.75) is 31.5 Å². The first-order valence-electron chi connectivity index (χ1n) is 11.6. The van der Waals surface area contributed by atoms with E-state index in [9.17, 15) is 14.4 Å². The van der Waals surface area contributed by atoms with E-state index < -0.39 is 12.1 Å². The number of aromatic nitrogens is 4. The van der Waals surface area contributed by atoms with Crippen molar-refractivity contribution in [3.63, 3.8) is 0 Å². The SMILES string of the molecule is Nc1ncnc2c1c1ccc(NC(=O)O)cc1n2CC(=O)N1[C@@H]2C[C@@H]2C[C@H]1C(=O)Nc1cccc(Br)n1. The predicted octanol–water partition coefficient (Wildman–Crippen LogP) is 3.04. The standard InChI is InChI=1S/C24H21BrN8O4/c25-17-2-1-3-18(30-17)31-23(35)16-7-11-6-14(11)33(16)19(34)9-32-15-8-12(29-24(36)37)4-5-13(15)20-21(26)27-10-28-22(20)32/h1-5,8,10-11,14,16,29H,6-7,9H2,(H,36,37)(H2,26,27,28)(H,30,31,35)/t11-,14-,16+/m1/s1. The molecule has 0 unspecified atom stereocenters. The van der Waals surface area contributed by atoms with Crippen molar-refractivity contribution in [2.75, 3.05) is 16.4 Å². The molecule has 12 nitrogen and oxygen atoms in total. The zero-order valence-electron chi connectivity index (χ0n) is 19.3. The van der Waals surface area contributed by atoms with Crippen molar-refractivity contribution >= 4 is 73.1 Å². The normalized spacial score (nSPS) is 20.1. The minimum atomic E-state index is -1.21. The van der Waals surface area contributed by atoms with Gasteiger partial charge in [-0.3, -0.25) is 14.9 Å². The summed E-state index contributed by atoms with van der Waals surface area (Å²) in [6.45, 7) is -0.102. The average molecular weight is 565 g/mol. The molecule has 0 radical (unpaired) electrons. The number of pyridine rings is 1. The number of halogens is 1. The number of fused-ring (bicyclic) bond motifs is 4. The first-order chi connectivity index (χ1) is 17.8. The number of carboxylic acid groups (broad SMARTS) is 1. The summed E-state index contributed by atoms with van der Waals surface area (Å²) < 4.78 is 2.29. The van der Waals surface area contributed by atoms with Crippen LogP contribution in [-0.4, -0.2) is 59.5 Å². The molecule has 188 valence electrons. The van der Waals surface area contributed by atoms with Gasteiger partial charge in [0.25, 0.3) is 0 Å². The molecule has 3 amide bonds. The molecule has 5 N–H and O–H groups in total. The second kappa shape index (κ2) is 8.69. The Morgan fingerprint density at radius 1 is 1.14 bits per heavy atom. The maximum atomic E-state index is 13.7. The lowest BCUT2D eigenvalue weighted by Gasteiger charge is -2.27. The molecule has 2 aliphatic rings. The number of likely N-dealkylation sites (tertiary alicyclic amines) is 1. The maximum absolute atomic E-state index is 13.7. The third-order valence-corrected chi connectivity index (χ3v) is 7.32. The van der Waals surface area contributed by atoms with Crippen LogP contribution < -0.4 is 16.4 Å². The summed E-state index contributed by atoms with van der Waals surface area (Å²) in [4.78, 5) is 52.4. The van der Waals surface area contributed by atoms with Crippen molar-refractivity contribution in [3.8, 4) is 0 Å². The molecule has 1 aliphatic heterocycles. The lowest BCUT2D eigenvalue weighted by atomic mass is 10.1. The highest BCUT2D eigenvalue weighted by atomic mass is 79.9. The Bertz CT molecular complexity index is 1600. The van der Waals surface area contributed by atoms with Gasteiger partial charge >= 0.3 is 6.09 Å². The predicted molar refractivity (Wildman–Crippen MR) is 139 cm³/mol. The smallest absolute Gasteiger partial charge is 0.409 e. The summed E-state index contributed by atoms with van der Waals surface area (Å²) in [5, 5.41) is 15.6. The summed E-state index contributed by atoms with van der Waals surface area (Å²) in [5.74, 6) is 0.424. The highest BCUT2D eigenvalue weighted by Crippen LogP contribution is 2.48. The van der Waals surface area contributed by atoms with Gasteiger partial charge in [0.2, 0.25) is 11.8 Å². The van der Waals surface area contributed by atoms with Crippen molar-refractivity contribution in [3.05, 3.63) is 47.3 Å². The van der Waals surface area contributed by atoms with Crippen LogP contribution in [0, 0.1) is 5.92 Å². The summed E-state index contributed by atoms with van der Waals surface area (Å²) in [7, 11) is 0. The molecule has 1 saturated heterocycles. The second-order valence-electron chi connectivity index (χ2n) is 9.16. The number of piperidine rings is 1. The Kier molecular flexibility index (Phi) is 5.44. The van der Waals surface area contributed by atoms with E-state index in [0.717, 1.165) is 6.42 Å². The van der Waals surface area contributed by atoms with Gasteiger partial charge in [-0.1, -0.05) is 6.07 Å². The molecule has 6 rings (SSSR count). The maximum Gasteiger partial charge on any atom is 0.409 e. The van der Waals surface area contributed by atoms with Gasteiger partial charge in [-0.2, -0.15) is 0 Å². The molecule has 4 aromatic rings. The van der Waals surface area contributed by atoms with Crippen molar-refractivity contribution < 1.29 is 19.5 Å². The average Bonchev–Trinajstić information content (AvgIpc) is 3.39. The largest absolute Gasteiger partial charge is 0.465 e. The number of amides is 3. The van der Waals surface area contributed by atoms with Gasteiger partial charge in [0.05, 0.1) is 10.9 Å². The number of benzene rings is 1. The molecule has 0 bridgehead atoms. The molecule has 2 fully saturated rings. The Morgan fingerprint density at radius 2 is 1.97 bits per heavy atom. The Hall–Kier alpha value is -4.26. The third kappa shape index (κ3) is 4.10. The molecule has 4 heterocycles. The fraction of sp³-hybridized carbons (Fsp3) is 0.250. The van der Waals surface area contributed by atoms with Gasteiger partial charge in [-0.15, -0.1) is 0 Å². The molecule has 3 aromatic heterocycles. The van der Waals surface area contributed by atoms with E-state index in [4.69, 9.17) is 10.8 Å². The minimum Gasteiger partial charge on any atom is -0.465 e. The summed E-state index contributed by atoms with van der Waals surface area (Å²) in [6, 6.07) is 9.57. The van der Waals surface area contributed by atoms with Crippen LogP contribution in [-0.2, 0) is 16.1 Å². The highest BCUT2D eigenvalue weighted by molar-refractivity contribution is 9.10. The number of hydrogen-bond acceptors (Lipinski definition) is 7. The monoisotopic (exact) mass is 564 g/mol. The fourth-order valence-electron chi connectivity index (χ4n) is 5.25. The summed E-state index contributed by atoms with van der Waals surface area (Å²) >= 11 is 3.30. The van der Waals surface area contributed by atoms with Crippen LogP contribution in [0.3, 0.4) is 0 Å². The topological polar surface area (TPSA) is 168 Å². The number of carbonyl (C=O) groups is 3. The Balaban J connectivity index is 1.34. The number of hydrogen-bond donors (Lipinski definition) is 4. The molecular weight excluding hydrogens is 544 g/mol. The first-order valence-corrected chi connectivity index (χ1v) is 12.4. The number of nitrogens with one attached hydrogen (secondary N) is 2. The quantitative estimate of drug-likeness (QED) is 0.268. The molecule has 13 heteroatoms. The van der Waals surface area contributed by atoms with Crippen molar-refractivity contribution in [1.82, 2.24) is 24.4 Å². The van der Waals surface area contributed by atoms with E-state index in [-0.39, 0.29) is 36.1 Å². The number of nitrogen functional groups attached to an aromatic ring is 1. The van der Waals surface area contributed by atoms with E-state index in [0.29, 0.717) is 44.5 Å². The van der Waals surface area contributed by atoms with Crippen LogP contribution in [0.5, 0.6) is 0 Å². The van der Waals surface area contributed by atoms with Crippen LogP contribution in [0.15, 0.2) is 47.3 Å². The molecule has 1 aliphatic carbocycles. The van der Waals surface area contributed by atoms with Gasteiger partial charge in [0, 0.05) is 17.1 Å². The molecule has 3 atom stereocenters. The first kappa shape index (κ1) is 23.2. The summed E-state index contributed by atoms with van der Waals surface area (Å²) in [5.41, 5.74) is 7.52. The Labute approximate surface area is 218 Å². The zero-order valence-corrected chi connectivity index (χ0v) is 20.8. The lowest BCUT2D eigenvalue weighted by molar-refractivity contribution is -0.138. The second-order valence-corrected chi connectivity index (χ2v) is 9.97. The minimum absolute atomic E-state index is 0.00995. The fourth-order valence-corrected chi connectivity index (χ4v) is 5.59. The van der Waals surface area contributed by atoms with Crippen molar-refractivity contribution in [2.24, 2.45) is 5.92 Å². The molecular formula is C24H21BrN8O4. The van der Waals surface area contributed by atoms with E-state index >= 15 is 0 Å². The third-order valence-electron chi connectivity index (χ3n) is 6.88. The van der Waals surface area contributed by atoms with Crippen LogP contribution in [0.2, 0.25) is 0 Å². The number of nitrogens with zero attached hydrogens (tertiary/aromatic N) is 5. The number of anilines is 3.